The van der Waals surface area contributed by atoms with Crippen molar-refractivity contribution in [2.45, 2.75) is 38.1 Å². The fourth-order valence-corrected chi connectivity index (χ4v) is 3.03. The van der Waals surface area contributed by atoms with Gasteiger partial charge in [-0.05, 0) is 24.3 Å². The molecule has 0 aliphatic heterocycles. The molecule has 1 aromatic rings. The van der Waals surface area contributed by atoms with Crippen molar-refractivity contribution in [3.05, 3.63) is 35.9 Å². The molecule has 5 heteroatoms. The highest BCUT2D eigenvalue weighted by Gasteiger charge is 2.28. The number of hydrogen-bond donors (Lipinski definition) is 2. The number of nitrogens with zero attached hydrogens (tertiary/aromatic N) is 1. The van der Waals surface area contributed by atoms with Crippen molar-refractivity contribution in [2.24, 2.45) is 5.92 Å². The summed E-state index contributed by atoms with van der Waals surface area (Å²) in [6.45, 7) is 0.216. The summed E-state index contributed by atoms with van der Waals surface area (Å²) in [5.41, 5.74) is 1.12. The third kappa shape index (κ3) is 4.48. The van der Waals surface area contributed by atoms with E-state index in [1.165, 1.54) is 17.7 Å². The normalized spacial score (nSPS) is 16.2. The largest absolute Gasteiger partial charge is 0.481 e. The molecule has 0 bridgehead atoms. The van der Waals surface area contributed by atoms with Crippen LogP contribution in [-0.4, -0.2) is 35.6 Å². The van der Waals surface area contributed by atoms with Gasteiger partial charge in [-0.2, -0.15) is 0 Å². The molecule has 0 spiro atoms. The Bertz CT molecular complexity index is 498. The highest BCUT2D eigenvalue weighted by Crippen LogP contribution is 2.35. The van der Waals surface area contributed by atoms with Crippen LogP contribution in [0.3, 0.4) is 0 Å². The number of carbonyl (C=O) groups excluding carboxylic acids is 1. The predicted octanol–water partition coefficient (Wildman–Crippen LogP) is 3.03. The van der Waals surface area contributed by atoms with Gasteiger partial charge in [-0.3, -0.25) is 4.79 Å². The van der Waals surface area contributed by atoms with E-state index >= 15 is 0 Å². The number of aliphatic carboxylic acids is 1. The summed E-state index contributed by atoms with van der Waals surface area (Å²) in [6.07, 6.45) is 4.62. The standard InChI is InChI=1S/C17H24N2O3/c1-19(12-11-15(20)21)17(22)18-16(14-9-5-6-10-14)13-7-3-2-4-8-13/h2-4,7-8,14,16H,5-6,9-12H2,1H3,(H,18,22)(H,20,21). The molecule has 0 radical (unpaired) electrons. The second-order valence-corrected chi connectivity index (χ2v) is 5.95. The van der Waals surface area contributed by atoms with Crippen molar-refractivity contribution in [3.63, 3.8) is 0 Å². The maximum absolute atomic E-state index is 12.3. The Hall–Kier alpha value is -2.04. The minimum absolute atomic E-state index is 0.00322. The Morgan fingerprint density at radius 1 is 1.27 bits per heavy atom. The summed E-state index contributed by atoms with van der Waals surface area (Å²) >= 11 is 0. The Morgan fingerprint density at radius 3 is 2.50 bits per heavy atom. The third-order valence-corrected chi connectivity index (χ3v) is 4.32. The van der Waals surface area contributed by atoms with Crippen molar-refractivity contribution in [3.8, 4) is 0 Å². The molecule has 1 aliphatic carbocycles. The summed E-state index contributed by atoms with van der Waals surface area (Å²) in [5.74, 6) is -0.436. The molecule has 1 atom stereocenters. The lowest BCUT2D eigenvalue weighted by atomic mass is 9.92. The first-order valence-corrected chi connectivity index (χ1v) is 7.86. The van der Waals surface area contributed by atoms with E-state index in [2.05, 4.69) is 5.32 Å². The molecular formula is C17H24N2O3. The number of urea groups is 1. The van der Waals surface area contributed by atoms with Gasteiger partial charge < -0.3 is 15.3 Å². The molecule has 2 amide bonds. The Morgan fingerprint density at radius 2 is 1.91 bits per heavy atom. The molecule has 120 valence electrons. The van der Waals surface area contributed by atoms with E-state index in [-0.39, 0.29) is 25.0 Å². The molecule has 2 rings (SSSR count). The molecule has 1 aliphatic rings. The average Bonchev–Trinajstić information content (AvgIpc) is 3.04. The van der Waals surface area contributed by atoms with Crippen LogP contribution in [0, 0.1) is 5.92 Å². The van der Waals surface area contributed by atoms with E-state index in [1.54, 1.807) is 7.05 Å². The minimum Gasteiger partial charge on any atom is -0.481 e. The van der Waals surface area contributed by atoms with Gasteiger partial charge in [0.15, 0.2) is 0 Å². The number of hydrogen-bond acceptors (Lipinski definition) is 2. The maximum Gasteiger partial charge on any atom is 0.317 e. The smallest absolute Gasteiger partial charge is 0.317 e. The molecule has 22 heavy (non-hydrogen) atoms. The van der Waals surface area contributed by atoms with Crippen LogP contribution in [0.4, 0.5) is 4.79 Å². The second-order valence-electron chi connectivity index (χ2n) is 5.95. The topological polar surface area (TPSA) is 69.6 Å². The summed E-state index contributed by atoms with van der Waals surface area (Å²) in [6, 6.07) is 9.82. The van der Waals surface area contributed by atoms with Gasteiger partial charge in [0.1, 0.15) is 0 Å². The van der Waals surface area contributed by atoms with Crippen molar-refractivity contribution < 1.29 is 14.7 Å². The van der Waals surface area contributed by atoms with Crippen LogP contribution in [0.15, 0.2) is 30.3 Å². The van der Waals surface area contributed by atoms with Gasteiger partial charge in [0.05, 0.1) is 12.5 Å². The second kappa shape index (κ2) is 7.82. The quantitative estimate of drug-likeness (QED) is 0.848. The summed E-state index contributed by atoms with van der Waals surface area (Å²) in [7, 11) is 1.63. The summed E-state index contributed by atoms with van der Waals surface area (Å²) < 4.78 is 0. The number of rotatable bonds is 6. The first-order valence-electron chi connectivity index (χ1n) is 7.86. The van der Waals surface area contributed by atoms with E-state index in [0.717, 1.165) is 18.4 Å². The van der Waals surface area contributed by atoms with Crippen molar-refractivity contribution in [1.29, 1.82) is 0 Å². The Balaban J connectivity index is 2.03. The molecule has 1 aromatic carbocycles. The SMILES string of the molecule is CN(CCC(=O)O)C(=O)NC(c1ccccc1)C1CCCC1. The fourth-order valence-electron chi connectivity index (χ4n) is 3.03. The number of benzene rings is 1. The van der Waals surface area contributed by atoms with Gasteiger partial charge in [-0.1, -0.05) is 43.2 Å². The Labute approximate surface area is 131 Å². The van der Waals surface area contributed by atoms with Gasteiger partial charge in [0.2, 0.25) is 0 Å². The van der Waals surface area contributed by atoms with Crippen LogP contribution in [0.25, 0.3) is 0 Å². The van der Waals surface area contributed by atoms with E-state index in [9.17, 15) is 9.59 Å². The van der Waals surface area contributed by atoms with E-state index in [1.807, 2.05) is 30.3 Å². The predicted molar refractivity (Wildman–Crippen MR) is 84.6 cm³/mol. The molecule has 0 aromatic heterocycles. The van der Waals surface area contributed by atoms with Crippen molar-refractivity contribution >= 4 is 12.0 Å². The summed E-state index contributed by atoms with van der Waals surface area (Å²) in [5, 5.41) is 11.8. The lowest BCUT2D eigenvalue weighted by molar-refractivity contribution is -0.137. The van der Waals surface area contributed by atoms with Crippen LogP contribution in [0.1, 0.15) is 43.7 Å². The lowest BCUT2D eigenvalue weighted by Crippen LogP contribution is -2.42. The summed E-state index contributed by atoms with van der Waals surface area (Å²) in [4.78, 5) is 24.4. The van der Waals surface area contributed by atoms with Gasteiger partial charge in [0.25, 0.3) is 0 Å². The van der Waals surface area contributed by atoms with Gasteiger partial charge in [0, 0.05) is 13.6 Å². The number of carboxylic acids is 1. The van der Waals surface area contributed by atoms with Crippen LogP contribution in [-0.2, 0) is 4.79 Å². The van der Waals surface area contributed by atoms with E-state index in [4.69, 9.17) is 5.11 Å². The zero-order valence-corrected chi connectivity index (χ0v) is 13.0. The molecule has 2 N–H and O–H groups in total. The zero-order chi connectivity index (χ0) is 15.9. The molecule has 5 nitrogen and oxygen atoms in total. The number of nitrogens with one attached hydrogen (secondary N) is 1. The lowest BCUT2D eigenvalue weighted by Gasteiger charge is -2.28. The van der Waals surface area contributed by atoms with Gasteiger partial charge >= 0.3 is 12.0 Å². The highest BCUT2D eigenvalue weighted by molar-refractivity contribution is 5.75. The molecule has 1 saturated carbocycles. The first kappa shape index (κ1) is 16.3. The van der Waals surface area contributed by atoms with Crippen LogP contribution in [0.5, 0.6) is 0 Å². The highest BCUT2D eigenvalue weighted by atomic mass is 16.4. The van der Waals surface area contributed by atoms with Gasteiger partial charge in [-0.15, -0.1) is 0 Å². The van der Waals surface area contributed by atoms with E-state index < -0.39 is 5.97 Å². The van der Waals surface area contributed by atoms with Crippen LogP contribution >= 0.6 is 0 Å². The molecule has 0 saturated heterocycles. The zero-order valence-electron chi connectivity index (χ0n) is 13.0. The van der Waals surface area contributed by atoms with Crippen LogP contribution < -0.4 is 5.32 Å². The third-order valence-electron chi connectivity index (χ3n) is 4.32. The maximum atomic E-state index is 12.3. The van der Waals surface area contributed by atoms with Crippen molar-refractivity contribution in [1.82, 2.24) is 10.2 Å². The fraction of sp³-hybridized carbons (Fsp3) is 0.529. The first-order chi connectivity index (χ1) is 10.6. The van der Waals surface area contributed by atoms with E-state index in [0.29, 0.717) is 5.92 Å². The Kier molecular flexibility index (Phi) is 5.81. The minimum atomic E-state index is -0.893. The monoisotopic (exact) mass is 304 g/mol. The number of carbonyl (C=O) groups is 2. The molecule has 1 unspecified atom stereocenters. The molecular weight excluding hydrogens is 280 g/mol. The van der Waals surface area contributed by atoms with Crippen LogP contribution in [0.2, 0.25) is 0 Å². The molecule has 1 fully saturated rings. The number of amides is 2. The number of carboxylic acid groups (broad SMARTS) is 1. The van der Waals surface area contributed by atoms with Crippen molar-refractivity contribution in [2.75, 3.05) is 13.6 Å². The molecule has 0 heterocycles. The average molecular weight is 304 g/mol. The van der Waals surface area contributed by atoms with Gasteiger partial charge in [-0.25, -0.2) is 4.79 Å².